The van der Waals surface area contributed by atoms with Gasteiger partial charge in [-0.2, -0.15) is 0 Å². The number of aromatic nitrogens is 3. The summed E-state index contributed by atoms with van der Waals surface area (Å²) in [6, 6.07) is 103. The molecule has 0 N–H and O–H groups in total. The number of benzene rings is 15. The van der Waals surface area contributed by atoms with Crippen LogP contribution in [-0.4, -0.2) is 13.7 Å². The van der Waals surface area contributed by atoms with E-state index in [0.717, 1.165) is 57.8 Å². The van der Waals surface area contributed by atoms with E-state index in [2.05, 4.69) is 287 Å². The van der Waals surface area contributed by atoms with Crippen molar-refractivity contribution in [3.05, 3.63) is 373 Å². The largest absolute Gasteiger partial charge is 0.309 e. The summed E-state index contributed by atoms with van der Waals surface area (Å²) >= 11 is 0. The van der Waals surface area contributed by atoms with Gasteiger partial charge in [-0.15, -0.1) is 0 Å². The summed E-state index contributed by atoms with van der Waals surface area (Å²) in [5, 5.41) is 8.82. The predicted octanol–water partition coefficient (Wildman–Crippen LogP) is 38.9. The number of nitrogens with zero attached hydrogens (tertiary/aromatic N) is 3. The number of rotatable bonds is 0. The Morgan fingerprint density at radius 2 is 0.402 bits per heavy atom. The minimum atomic E-state index is 1.00. The molecule has 6 aliphatic carbocycles. The third-order valence-corrected chi connectivity index (χ3v) is 25.3. The van der Waals surface area contributed by atoms with E-state index < -0.39 is 0 Å². The molecular weight excluding hydrogens is 1590 g/mol. The zero-order valence-corrected chi connectivity index (χ0v) is 86.2. The van der Waals surface area contributed by atoms with Gasteiger partial charge in [0.15, 0.2) is 0 Å². The molecule has 18 aromatic rings. The zero-order valence-electron chi connectivity index (χ0n) is 86.2. The molecule has 684 valence electrons. The van der Waals surface area contributed by atoms with Crippen LogP contribution in [0, 0.1) is 0 Å². The lowest BCUT2D eigenvalue weighted by molar-refractivity contribution is 1.04. The smallest absolute Gasteiger partial charge is 0.0583 e. The van der Waals surface area contributed by atoms with Crippen molar-refractivity contribution >= 4 is 65.4 Å². The molecule has 15 aromatic carbocycles. The fourth-order valence-electron chi connectivity index (χ4n) is 21.3. The van der Waals surface area contributed by atoms with Crippen molar-refractivity contribution in [3.8, 4) is 83.8 Å². The van der Waals surface area contributed by atoms with Crippen molar-refractivity contribution in [1.29, 1.82) is 0 Å². The maximum Gasteiger partial charge on any atom is 0.0583 e. The van der Waals surface area contributed by atoms with Gasteiger partial charge in [0, 0.05) is 68.6 Å². The molecule has 0 radical (unpaired) electrons. The lowest BCUT2D eigenvalue weighted by Crippen LogP contribution is -2.09. The van der Waals surface area contributed by atoms with Crippen molar-refractivity contribution in [2.75, 3.05) is 0 Å². The molecule has 3 aliphatic heterocycles. The second kappa shape index (κ2) is 47.7. The summed E-state index contributed by atoms with van der Waals surface area (Å²) in [6.07, 6.45) is 9.19. The van der Waals surface area contributed by atoms with Crippen LogP contribution in [-0.2, 0) is 57.8 Å². The first-order chi connectivity index (χ1) is 65.6. The van der Waals surface area contributed by atoms with Gasteiger partial charge >= 0.3 is 0 Å². The topological polar surface area (TPSA) is 14.8 Å². The summed E-state index contributed by atoms with van der Waals surface area (Å²) in [5.74, 6) is 0. The molecule has 6 heterocycles. The monoisotopic (exact) mass is 1740 g/mol. The molecule has 0 amide bonds. The molecule has 3 aromatic heterocycles. The summed E-state index contributed by atoms with van der Waals surface area (Å²) in [6.45, 7) is 60.0. The quantitative estimate of drug-likeness (QED) is 0.144. The van der Waals surface area contributed by atoms with Crippen LogP contribution in [0.3, 0.4) is 0 Å². The first-order valence-corrected chi connectivity index (χ1v) is 51.8. The molecule has 9 aliphatic rings. The maximum absolute atomic E-state index is 2.57. The van der Waals surface area contributed by atoms with Crippen LogP contribution in [0.15, 0.2) is 273 Å². The van der Waals surface area contributed by atoms with E-state index in [4.69, 9.17) is 0 Å². The number of fused-ring (bicyclic) bond motifs is 39. The summed E-state index contributed by atoms with van der Waals surface area (Å²) in [7, 11) is 0. The Bertz CT molecular complexity index is 6960. The Morgan fingerprint density at radius 1 is 0.152 bits per heavy atom. The van der Waals surface area contributed by atoms with E-state index in [1.165, 1.54) is 249 Å². The van der Waals surface area contributed by atoms with Gasteiger partial charge in [0.1, 0.15) is 0 Å². The second-order valence-corrected chi connectivity index (χ2v) is 30.2. The molecule has 0 fully saturated rings. The van der Waals surface area contributed by atoms with Crippen molar-refractivity contribution in [2.24, 2.45) is 0 Å². The van der Waals surface area contributed by atoms with Gasteiger partial charge in [0.2, 0.25) is 0 Å². The van der Waals surface area contributed by atoms with Crippen molar-refractivity contribution in [3.63, 3.8) is 0 Å². The first-order valence-electron chi connectivity index (χ1n) is 51.8. The maximum atomic E-state index is 2.57. The molecule has 0 saturated heterocycles. The number of hydrogen-bond acceptors (Lipinski definition) is 0. The Balaban J connectivity index is 0.000000180. The van der Waals surface area contributed by atoms with Crippen LogP contribution in [0.25, 0.3) is 149 Å². The van der Waals surface area contributed by atoms with Crippen LogP contribution >= 0.6 is 0 Å². The SMILES string of the molecule is CC.CC.CC.CC.CC.CC.CC.CC.CC.CC.CC.CC.CC.CC.CC.c1ccc2c(c1)Cc1c-2ccc2c1c1c3c(cc4c1n2-c1ccccc1C4)-c1ccccc1C3.c1ccc2c(c1)Cc1c-2ccc2c1c1c3c(cc4c1n2-c1ccccc1C4)Cc1ccccc1-3.c1ccc2c(c1)Cc1c-2ccc2c1c1cc3c(c4c1n2-c1ccccc1C4)-c1ccccc1C3. The van der Waals surface area contributed by atoms with Gasteiger partial charge in [-0.1, -0.05) is 432 Å². The molecule has 0 spiro atoms. The van der Waals surface area contributed by atoms with E-state index in [1.54, 1.807) is 0 Å². The Kier molecular flexibility index (Phi) is 36.8. The van der Waals surface area contributed by atoms with Crippen LogP contribution in [0.4, 0.5) is 0 Å². The van der Waals surface area contributed by atoms with Crippen molar-refractivity contribution < 1.29 is 0 Å². The van der Waals surface area contributed by atoms with Crippen LogP contribution in [0.2, 0.25) is 0 Å². The van der Waals surface area contributed by atoms with E-state index in [-0.39, 0.29) is 0 Å². The van der Waals surface area contributed by atoms with Gasteiger partial charge in [0.05, 0.1) is 33.1 Å². The van der Waals surface area contributed by atoms with Crippen LogP contribution in [0.1, 0.15) is 308 Å². The highest BCUT2D eigenvalue weighted by molar-refractivity contribution is 6.23. The van der Waals surface area contributed by atoms with Crippen molar-refractivity contribution in [1.82, 2.24) is 13.7 Å². The molecule has 0 atom stereocenters. The second-order valence-electron chi connectivity index (χ2n) is 30.2. The number of para-hydroxylation sites is 3. The van der Waals surface area contributed by atoms with Gasteiger partial charge in [-0.3, -0.25) is 0 Å². The first kappa shape index (κ1) is 102. The lowest BCUT2D eigenvalue weighted by Gasteiger charge is -2.23. The van der Waals surface area contributed by atoms with Crippen LogP contribution < -0.4 is 0 Å². The highest BCUT2D eigenvalue weighted by Gasteiger charge is 2.37. The van der Waals surface area contributed by atoms with E-state index in [9.17, 15) is 0 Å². The number of hydrogen-bond donors (Lipinski definition) is 0. The molecule has 0 unspecified atom stereocenters. The molecule has 132 heavy (non-hydrogen) atoms. The Hall–Kier alpha value is -12.3. The minimum absolute atomic E-state index is 1.00. The van der Waals surface area contributed by atoms with Gasteiger partial charge in [-0.05, 0) is 254 Å². The minimum Gasteiger partial charge on any atom is -0.309 e. The third kappa shape index (κ3) is 17.2. The van der Waals surface area contributed by atoms with E-state index in [0.29, 0.717) is 0 Å². The molecular formula is C129H153N3. The lowest BCUT2D eigenvalue weighted by atomic mass is 9.89. The van der Waals surface area contributed by atoms with Crippen LogP contribution in [0.5, 0.6) is 0 Å². The fourth-order valence-corrected chi connectivity index (χ4v) is 21.3. The highest BCUT2D eigenvalue weighted by Crippen LogP contribution is 2.57. The molecule has 27 rings (SSSR count). The summed E-state index contributed by atoms with van der Waals surface area (Å²) < 4.78 is 7.72. The third-order valence-electron chi connectivity index (χ3n) is 25.3. The summed E-state index contributed by atoms with van der Waals surface area (Å²) in [4.78, 5) is 0. The predicted molar refractivity (Wildman–Crippen MR) is 590 cm³/mol. The van der Waals surface area contributed by atoms with Gasteiger partial charge < -0.3 is 13.7 Å². The van der Waals surface area contributed by atoms with E-state index in [1.807, 2.05) is 208 Å². The van der Waals surface area contributed by atoms with Gasteiger partial charge in [-0.25, -0.2) is 0 Å². The van der Waals surface area contributed by atoms with Gasteiger partial charge in [0.25, 0.3) is 0 Å². The summed E-state index contributed by atoms with van der Waals surface area (Å²) in [5.41, 5.74) is 56.1. The molecule has 0 saturated carbocycles. The van der Waals surface area contributed by atoms with E-state index >= 15 is 0 Å². The Labute approximate surface area is 796 Å². The standard InChI is InChI=1S/3C33H21N.15C2H6/c1-4-10-24-20(8-1)18-27-26(24)13-14-29-31(27)32-30-22(15-19-7-2-5-11-25(19)30)17-23-16-21-9-3-6-12-28(21)34(29)33(23)32;1-4-10-23-20(8-1)16-26-25(23)13-14-30-32(26)28-18-22-15-19-7-2-5-11-24(19)31(22)27-17-21-9-3-6-12-29(21)34(30)33(27)28;1-4-10-23-19(7-1)16-27-25(23)13-14-30-31(27)32-28-17-20-8-2-5-11-24(20)26(28)18-22-15-21-9-3-6-12-29(21)34(30)33(22)32;15*1-2/h1-14,17H,15-16,18H2;2*1-14,18H,15-17H2;15*1-2H3. The average molecular weight is 1750 g/mol. The Morgan fingerprint density at radius 3 is 0.788 bits per heavy atom. The highest BCUT2D eigenvalue weighted by atomic mass is 15.0. The normalized spacial score (nSPS) is 11.6. The van der Waals surface area contributed by atoms with Crippen molar-refractivity contribution in [2.45, 2.75) is 265 Å². The molecule has 3 nitrogen and oxygen atoms in total. The fraction of sp³-hybridized carbons (Fsp3) is 0.302. The average Bonchev–Trinajstić information content (AvgIpc) is 1.53. The molecule has 0 bridgehead atoms. The molecule has 3 heteroatoms. The zero-order chi connectivity index (χ0) is 95.9.